The van der Waals surface area contributed by atoms with E-state index in [1.54, 1.807) is 23.9 Å². The molecule has 3 aromatic rings. The van der Waals surface area contributed by atoms with Gasteiger partial charge in [-0.15, -0.1) is 24.4 Å². The van der Waals surface area contributed by atoms with Crippen LogP contribution in [0.15, 0.2) is 101 Å². The summed E-state index contributed by atoms with van der Waals surface area (Å²) in [6.07, 6.45) is 6.07. The van der Waals surface area contributed by atoms with E-state index in [0.29, 0.717) is 11.3 Å². The third-order valence-electron chi connectivity index (χ3n) is 5.23. The maximum atomic E-state index is 11.9. The fraction of sp³-hybridized carbons (Fsp3) is 0.179. The number of anilines is 2. The first-order chi connectivity index (χ1) is 16.5. The number of carboxylic acid groups (broad SMARTS) is 1. The highest BCUT2D eigenvalue weighted by Crippen LogP contribution is 2.30. The molecule has 176 valence electrons. The molecule has 0 amide bonds. The van der Waals surface area contributed by atoms with Gasteiger partial charge >= 0.3 is 5.97 Å². The zero-order chi connectivity index (χ0) is 24.3. The largest absolute Gasteiger partial charge is 0.478 e. The minimum Gasteiger partial charge on any atom is -0.478 e. The molecule has 6 heteroatoms. The van der Waals surface area contributed by atoms with Crippen LogP contribution in [0.5, 0.6) is 0 Å². The molecule has 0 bridgehead atoms. The standard InChI is InChI=1S/C28H30N2O2S2/c1-3-29-24-13-7-10-16-27(24)34-20-18-21(22-11-5-6-12-23(22)28(31)32)17-19-30(4-2)25-14-8-9-15-26(25)33/h5-19,29,33H,3-4,20H2,1-2H3,(H,31,32)/b19-17+,21-18-. The van der Waals surface area contributed by atoms with E-state index in [0.717, 1.165) is 39.8 Å². The number of thioether (sulfide) groups is 1. The van der Waals surface area contributed by atoms with E-state index in [-0.39, 0.29) is 5.56 Å². The number of para-hydroxylation sites is 2. The van der Waals surface area contributed by atoms with E-state index in [9.17, 15) is 9.90 Å². The number of thiol groups is 1. The molecule has 3 rings (SSSR count). The Kier molecular flexibility index (Phi) is 9.74. The molecule has 3 aromatic carbocycles. The van der Waals surface area contributed by atoms with Crippen molar-refractivity contribution in [1.29, 1.82) is 0 Å². The molecule has 0 aromatic heterocycles. The Hall–Kier alpha value is -3.09. The van der Waals surface area contributed by atoms with Crippen molar-refractivity contribution in [2.75, 3.05) is 29.1 Å². The quantitative estimate of drug-likeness (QED) is 0.149. The summed E-state index contributed by atoms with van der Waals surface area (Å²) in [6.45, 7) is 5.77. The van der Waals surface area contributed by atoms with Crippen LogP contribution in [0, 0.1) is 0 Å². The number of carbonyl (C=O) groups is 1. The summed E-state index contributed by atoms with van der Waals surface area (Å²) >= 11 is 6.31. The highest BCUT2D eigenvalue weighted by Gasteiger charge is 2.12. The van der Waals surface area contributed by atoms with Gasteiger partial charge in [-0.25, -0.2) is 4.79 Å². The average molecular weight is 491 g/mol. The predicted octanol–water partition coefficient (Wildman–Crippen LogP) is 7.32. The summed E-state index contributed by atoms with van der Waals surface area (Å²) in [5.41, 5.74) is 3.95. The highest BCUT2D eigenvalue weighted by molar-refractivity contribution is 7.99. The van der Waals surface area contributed by atoms with Crippen molar-refractivity contribution in [1.82, 2.24) is 0 Å². The predicted molar refractivity (Wildman–Crippen MR) is 149 cm³/mol. The second-order valence-electron chi connectivity index (χ2n) is 7.44. The van der Waals surface area contributed by atoms with E-state index in [1.807, 2.05) is 60.8 Å². The Morgan fingerprint density at radius 1 is 1.00 bits per heavy atom. The molecule has 0 heterocycles. The van der Waals surface area contributed by atoms with Crippen molar-refractivity contribution < 1.29 is 9.90 Å². The zero-order valence-corrected chi connectivity index (χ0v) is 21.2. The molecule has 0 fully saturated rings. The van der Waals surface area contributed by atoms with Crippen molar-refractivity contribution in [2.45, 2.75) is 23.6 Å². The summed E-state index contributed by atoms with van der Waals surface area (Å²) in [5, 5.41) is 13.2. The zero-order valence-electron chi connectivity index (χ0n) is 19.4. The molecule has 0 aliphatic carbocycles. The number of allylic oxidation sites excluding steroid dienone is 2. The molecule has 0 saturated carbocycles. The lowest BCUT2D eigenvalue weighted by Gasteiger charge is -2.20. The number of nitrogens with zero attached hydrogens (tertiary/aromatic N) is 1. The van der Waals surface area contributed by atoms with Crippen molar-refractivity contribution in [3.8, 4) is 0 Å². The highest BCUT2D eigenvalue weighted by atomic mass is 32.2. The van der Waals surface area contributed by atoms with Crippen molar-refractivity contribution in [3.05, 3.63) is 102 Å². The minimum absolute atomic E-state index is 0.286. The van der Waals surface area contributed by atoms with E-state index in [1.165, 1.54) is 0 Å². The fourth-order valence-electron chi connectivity index (χ4n) is 3.57. The normalized spacial score (nSPS) is 11.6. The van der Waals surface area contributed by atoms with Crippen molar-refractivity contribution in [2.24, 2.45) is 0 Å². The summed E-state index contributed by atoms with van der Waals surface area (Å²) in [6, 6.07) is 23.3. The number of aromatic carboxylic acids is 1. The van der Waals surface area contributed by atoms with Gasteiger partial charge in [0.05, 0.1) is 11.3 Å². The van der Waals surface area contributed by atoms with Crippen LogP contribution in [-0.2, 0) is 0 Å². The maximum Gasteiger partial charge on any atom is 0.336 e. The number of nitrogens with one attached hydrogen (secondary N) is 1. The van der Waals surface area contributed by atoms with Crippen LogP contribution in [0.3, 0.4) is 0 Å². The molecular weight excluding hydrogens is 460 g/mol. The van der Waals surface area contributed by atoms with Gasteiger partial charge in [-0.3, -0.25) is 0 Å². The van der Waals surface area contributed by atoms with Crippen molar-refractivity contribution >= 4 is 47.3 Å². The van der Waals surface area contributed by atoms with Crippen molar-refractivity contribution in [3.63, 3.8) is 0 Å². The third-order valence-corrected chi connectivity index (χ3v) is 6.61. The van der Waals surface area contributed by atoms with E-state index >= 15 is 0 Å². The van der Waals surface area contributed by atoms with Gasteiger partial charge < -0.3 is 15.3 Å². The van der Waals surface area contributed by atoms with Gasteiger partial charge in [0.25, 0.3) is 0 Å². The summed E-state index contributed by atoms with van der Waals surface area (Å²) in [5.74, 6) is -0.237. The molecular formula is C28H30N2O2S2. The molecule has 4 nitrogen and oxygen atoms in total. The summed E-state index contributed by atoms with van der Waals surface area (Å²) < 4.78 is 0. The van der Waals surface area contributed by atoms with Gasteiger partial charge in [0.1, 0.15) is 0 Å². The van der Waals surface area contributed by atoms with Crippen LogP contribution in [0.1, 0.15) is 29.8 Å². The van der Waals surface area contributed by atoms with E-state index in [2.05, 4.69) is 54.9 Å². The van der Waals surface area contributed by atoms with Crippen LogP contribution in [-0.4, -0.2) is 29.9 Å². The Morgan fingerprint density at radius 3 is 2.38 bits per heavy atom. The average Bonchev–Trinajstić information content (AvgIpc) is 2.85. The molecule has 0 spiro atoms. The second kappa shape index (κ2) is 13.0. The Balaban J connectivity index is 1.94. The Bertz CT molecular complexity index is 1170. The molecule has 0 aliphatic heterocycles. The van der Waals surface area contributed by atoms with Crippen LogP contribution >= 0.6 is 24.4 Å². The fourth-order valence-corrected chi connectivity index (χ4v) is 4.77. The number of rotatable bonds is 11. The van der Waals surface area contributed by atoms with Crippen LogP contribution in [0.2, 0.25) is 0 Å². The monoisotopic (exact) mass is 490 g/mol. The molecule has 0 atom stereocenters. The van der Waals surface area contributed by atoms with Gasteiger partial charge in [-0.2, -0.15) is 0 Å². The minimum atomic E-state index is -0.937. The first kappa shape index (κ1) is 25.5. The molecule has 34 heavy (non-hydrogen) atoms. The first-order valence-electron chi connectivity index (χ1n) is 11.3. The van der Waals surface area contributed by atoms with Gasteiger partial charge in [-0.1, -0.05) is 48.5 Å². The van der Waals surface area contributed by atoms with Gasteiger partial charge in [0.2, 0.25) is 0 Å². The number of benzene rings is 3. The van der Waals surface area contributed by atoms with Gasteiger partial charge in [-0.05, 0) is 61.4 Å². The molecule has 2 N–H and O–H groups in total. The third kappa shape index (κ3) is 6.72. The van der Waals surface area contributed by atoms with E-state index < -0.39 is 5.97 Å². The topological polar surface area (TPSA) is 52.6 Å². The molecule has 0 aliphatic rings. The first-order valence-corrected chi connectivity index (χ1v) is 12.7. The lowest BCUT2D eigenvalue weighted by atomic mass is 9.99. The SMILES string of the molecule is CCNc1ccccc1SC/C=C(/C=C/N(CC)c1ccccc1S)c1ccccc1C(=O)O. The van der Waals surface area contributed by atoms with Gasteiger partial charge in [0.15, 0.2) is 0 Å². The summed E-state index contributed by atoms with van der Waals surface area (Å²) in [7, 11) is 0. The number of carboxylic acids is 1. The van der Waals surface area contributed by atoms with Crippen LogP contribution < -0.4 is 10.2 Å². The molecule has 0 saturated heterocycles. The lowest BCUT2D eigenvalue weighted by Crippen LogP contribution is -2.15. The van der Waals surface area contributed by atoms with Crippen LogP contribution in [0.25, 0.3) is 5.57 Å². The molecule has 0 unspecified atom stereocenters. The lowest BCUT2D eigenvalue weighted by molar-refractivity contribution is 0.0696. The van der Waals surface area contributed by atoms with E-state index in [4.69, 9.17) is 0 Å². The number of hydrogen-bond acceptors (Lipinski definition) is 5. The smallest absolute Gasteiger partial charge is 0.336 e. The molecule has 0 radical (unpaired) electrons. The maximum absolute atomic E-state index is 11.9. The second-order valence-corrected chi connectivity index (χ2v) is 8.98. The Morgan fingerprint density at radius 2 is 1.68 bits per heavy atom. The van der Waals surface area contributed by atoms with Crippen LogP contribution in [0.4, 0.5) is 11.4 Å². The van der Waals surface area contributed by atoms with Gasteiger partial charge in [0, 0.05) is 40.5 Å². The number of hydrogen-bond donors (Lipinski definition) is 3. The Labute approximate surface area is 211 Å². The summed E-state index contributed by atoms with van der Waals surface area (Å²) in [4.78, 5) is 16.1.